The number of aliphatic carboxylic acids is 1. The topological polar surface area (TPSA) is 88.1 Å². The van der Waals surface area contributed by atoms with Crippen LogP contribution >= 0.6 is 0 Å². The summed E-state index contributed by atoms with van der Waals surface area (Å²) in [4.78, 5) is 25.1. The van der Waals surface area contributed by atoms with E-state index in [-0.39, 0.29) is 18.3 Å². The summed E-state index contributed by atoms with van der Waals surface area (Å²) in [6.45, 7) is 1.65. The van der Waals surface area contributed by atoms with Crippen molar-refractivity contribution < 1.29 is 28.6 Å². The van der Waals surface area contributed by atoms with Crippen LogP contribution in [-0.2, 0) is 9.53 Å². The third kappa shape index (κ3) is 4.63. The molecular weight excluding hydrogens is 343 g/mol. The second-order valence-corrected chi connectivity index (χ2v) is 6.64. The van der Waals surface area contributed by atoms with E-state index < -0.39 is 23.7 Å². The number of carboxylic acid groups (broad SMARTS) is 1. The van der Waals surface area contributed by atoms with Crippen molar-refractivity contribution in [1.29, 1.82) is 0 Å². The highest BCUT2D eigenvalue weighted by Crippen LogP contribution is 2.27. The summed E-state index contributed by atoms with van der Waals surface area (Å²) in [5.41, 5.74) is 0.227. The number of nitrogens with zero attached hydrogens (tertiary/aromatic N) is 1. The zero-order chi connectivity index (χ0) is 18.5. The second-order valence-electron chi connectivity index (χ2n) is 6.64. The summed E-state index contributed by atoms with van der Waals surface area (Å²) in [6, 6.07) is 3.47. The van der Waals surface area contributed by atoms with Crippen LogP contribution in [0.5, 0.6) is 5.75 Å². The molecule has 0 aromatic heterocycles. The van der Waals surface area contributed by atoms with Crippen molar-refractivity contribution in [1.82, 2.24) is 4.90 Å². The number of rotatable bonds is 5. The zero-order valence-corrected chi connectivity index (χ0v) is 14.4. The number of hydrogen-bond acceptors (Lipinski definition) is 4. The van der Waals surface area contributed by atoms with Crippen LogP contribution in [0.3, 0.4) is 0 Å². The predicted molar refractivity (Wildman–Crippen MR) is 91.8 cm³/mol. The molecule has 2 saturated heterocycles. The number of ether oxygens (including phenoxy) is 2. The minimum Gasteiger partial charge on any atom is -0.489 e. The van der Waals surface area contributed by atoms with Gasteiger partial charge in [-0.15, -0.1) is 0 Å². The van der Waals surface area contributed by atoms with E-state index in [0.717, 1.165) is 12.8 Å². The number of benzene rings is 1. The maximum atomic E-state index is 13.6. The van der Waals surface area contributed by atoms with Crippen molar-refractivity contribution >= 4 is 17.7 Å². The summed E-state index contributed by atoms with van der Waals surface area (Å²) in [6.07, 6.45) is 3.07. The molecule has 26 heavy (non-hydrogen) atoms. The van der Waals surface area contributed by atoms with Crippen LogP contribution in [0, 0.1) is 11.7 Å². The molecule has 0 saturated carbocycles. The highest BCUT2D eigenvalue weighted by Gasteiger charge is 2.28. The Morgan fingerprint density at radius 3 is 2.92 bits per heavy atom. The standard InChI is InChI=1S/C18H23FN2O5/c19-13-5-6-16(26-11-14-4-2-8-25-14)15(9-13)20-18(24)21-7-1-3-12(10-21)17(22)23/h5-6,9,12,14H,1-4,7-8,10-11H2,(H,20,24)(H,22,23). The molecule has 0 spiro atoms. The Morgan fingerprint density at radius 2 is 2.19 bits per heavy atom. The van der Waals surface area contributed by atoms with Gasteiger partial charge < -0.3 is 24.8 Å². The van der Waals surface area contributed by atoms with Gasteiger partial charge in [0.15, 0.2) is 0 Å². The number of amides is 2. The van der Waals surface area contributed by atoms with Crippen LogP contribution in [0.4, 0.5) is 14.9 Å². The number of carbonyl (C=O) groups is 2. The van der Waals surface area contributed by atoms with E-state index in [0.29, 0.717) is 38.3 Å². The van der Waals surface area contributed by atoms with Crippen molar-refractivity contribution in [3.63, 3.8) is 0 Å². The number of anilines is 1. The van der Waals surface area contributed by atoms with Crippen LogP contribution in [0.2, 0.25) is 0 Å². The first-order chi connectivity index (χ1) is 12.5. The van der Waals surface area contributed by atoms with E-state index in [2.05, 4.69) is 5.32 Å². The third-order valence-corrected chi connectivity index (χ3v) is 4.69. The van der Waals surface area contributed by atoms with Gasteiger partial charge in [0.05, 0.1) is 17.7 Å². The van der Waals surface area contributed by atoms with Gasteiger partial charge in [-0.1, -0.05) is 0 Å². The Kier molecular flexibility index (Phi) is 5.92. The van der Waals surface area contributed by atoms with Gasteiger partial charge in [-0.25, -0.2) is 9.18 Å². The van der Waals surface area contributed by atoms with Gasteiger partial charge in [0, 0.05) is 25.8 Å². The smallest absolute Gasteiger partial charge is 0.321 e. The van der Waals surface area contributed by atoms with E-state index in [9.17, 15) is 14.0 Å². The summed E-state index contributed by atoms with van der Waals surface area (Å²) in [5.74, 6) is -1.61. The van der Waals surface area contributed by atoms with Gasteiger partial charge in [0.25, 0.3) is 0 Å². The van der Waals surface area contributed by atoms with Crippen LogP contribution < -0.4 is 10.1 Å². The fourth-order valence-electron chi connectivity index (χ4n) is 3.24. The fourth-order valence-corrected chi connectivity index (χ4v) is 3.24. The molecule has 0 radical (unpaired) electrons. The molecule has 2 unspecified atom stereocenters. The lowest BCUT2D eigenvalue weighted by Gasteiger charge is -2.31. The maximum Gasteiger partial charge on any atom is 0.321 e. The number of piperidine rings is 1. The van der Waals surface area contributed by atoms with Crippen LogP contribution in [0.1, 0.15) is 25.7 Å². The molecule has 142 valence electrons. The van der Waals surface area contributed by atoms with E-state index in [4.69, 9.17) is 14.6 Å². The first-order valence-electron chi connectivity index (χ1n) is 8.85. The molecule has 2 atom stereocenters. The first kappa shape index (κ1) is 18.4. The second kappa shape index (κ2) is 8.35. The lowest BCUT2D eigenvalue weighted by Crippen LogP contribution is -2.44. The van der Waals surface area contributed by atoms with E-state index >= 15 is 0 Å². The molecule has 1 aromatic rings. The molecule has 2 aliphatic rings. The third-order valence-electron chi connectivity index (χ3n) is 4.69. The van der Waals surface area contributed by atoms with Crippen molar-refractivity contribution in [2.45, 2.75) is 31.8 Å². The number of nitrogens with one attached hydrogen (secondary N) is 1. The molecule has 2 fully saturated rings. The van der Waals surface area contributed by atoms with Crippen molar-refractivity contribution in [3.05, 3.63) is 24.0 Å². The van der Waals surface area contributed by atoms with E-state index in [1.165, 1.54) is 23.1 Å². The molecule has 3 rings (SSSR count). The molecule has 2 aliphatic heterocycles. The molecule has 0 aliphatic carbocycles. The van der Waals surface area contributed by atoms with Gasteiger partial charge in [-0.2, -0.15) is 0 Å². The lowest BCUT2D eigenvalue weighted by atomic mass is 9.99. The van der Waals surface area contributed by atoms with E-state index in [1.807, 2.05) is 0 Å². The summed E-state index contributed by atoms with van der Waals surface area (Å²) in [7, 11) is 0. The van der Waals surface area contributed by atoms with Crippen molar-refractivity contribution in [2.75, 3.05) is 31.6 Å². The van der Waals surface area contributed by atoms with Crippen LogP contribution in [0.15, 0.2) is 18.2 Å². The number of hydrogen-bond donors (Lipinski definition) is 2. The van der Waals surface area contributed by atoms with Crippen molar-refractivity contribution in [2.24, 2.45) is 5.92 Å². The monoisotopic (exact) mass is 366 g/mol. The Morgan fingerprint density at radius 1 is 1.35 bits per heavy atom. The molecule has 7 nitrogen and oxygen atoms in total. The fraction of sp³-hybridized carbons (Fsp3) is 0.556. The minimum atomic E-state index is -0.908. The van der Waals surface area contributed by atoms with Crippen molar-refractivity contribution in [3.8, 4) is 5.75 Å². The molecule has 2 heterocycles. The molecule has 2 N–H and O–H groups in total. The zero-order valence-electron chi connectivity index (χ0n) is 14.4. The number of urea groups is 1. The number of carbonyl (C=O) groups excluding carboxylic acids is 1. The first-order valence-corrected chi connectivity index (χ1v) is 8.85. The van der Waals surface area contributed by atoms with Gasteiger partial charge in [0.1, 0.15) is 18.2 Å². The Labute approximate surface area is 151 Å². The highest BCUT2D eigenvalue weighted by molar-refractivity contribution is 5.91. The SMILES string of the molecule is O=C(O)C1CCCN(C(=O)Nc2cc(F)ccc2OCC2CCCO2)C1. The minimum absolute atomic E-state index is 0.00187. The molecule has 2 amide bonds. The quantitative estimate of drug-likeness (QED) is 0.837. The lowest BCUT2D eigenvalue weighted by molar-refractivity contribution is -0.143. The summed E-state index contributed by atoms with van der Waals surface area (Å²) in [5, 5.41) is 11.8. The Hall–Kier alpha value is -2.35. The van der Waals surface area contributed by atoms with Gasteiger partial charge in [-0.3, -0.25) is 4.79 Å². The molecule has 0 bridgehead atoms. The Bertz CT molecular complexity index is 663. The van der Waals surface area contributed by atoms with Gasteiger partial charge in [0.2, 0.25) is 0 Å². The molecule has 8 heteroatoms. The normalized spacial score (nSPS) is 22.9. The highest BCUT2D eigenvalue weighted by atomic mass is 19.1. The number of halogens is 1. The number of likely N-dealkylation sites (tertiary alicyclic amines) is 1. The van der Waals surface area contributed by atoms with E-state index in [1.54, 1.807) is 0 Å². The average Bonchev–Trinajstić information content (AvgIpc) is 3.14. The predicted octanol–water partition coefficient (Wildman–Crippen LogP) is 2.71. The van der Waals surface area contributed by atoms with Gasteiger partial charge in [-0.05, 0) is 37.8 Å². The summed E-state index contributed by atoms with van der Waals surface area (Å²) >= 11 is 0. The summed E-state index contributed by atoms with van der Waals surface area (Å²) < 4.78 is 24.8. The Balaban J connectivity index is 1.64. The van der Waals surface area contributed by atoms with Crippen LogP contribution in [-0.4, -0.2) is 54.4 Å². The van der Waals surface area contributed by atoms with Gasteiger partial charge >= 0.3 is 12.0 Å². The average molecular weight is 366 g/mol. The van der Waals surface area contributed by atoms with Crippen LogP contribution in [0.25, 0.3) is 0 Å². The maximum absolute atomic E-state index is 13.6. The largest absolute Gasteiger partial charge is 0.489 e. The molecular formula is C18H23FN2O5. The molecule has 1 aromatic carbocycles. The number of carboxylic acids is 1.